The zero-order valence-electron chi connectivity index (χ0n) is 16.8. The van der Waals surface area contributed by atoms with Gasteiger partial charge in [0.2, 0.25) is 0 Å². The van der Waals surface area contributed by atoms with Gasteiger partial charge in [0.25, 0.3) is 0 Å². The summed E-state index contributed by atoms with van der Waals surface area (Å²) in [5.41, 5.74) is 3.06. The summed E-state index contributed by atoms with van der Waals surface area (Å²) >= 11 is 0. The van der Waals surface area contributed by atoms with Crippen molar-refractivity contribution in [2.24, 2.45) is 11.8 Å². The van der Waals surface area contributed by atoms with Gasteiger partial charge in [0.15, 0.2) is 23.0 Å². The Labute approximate surface area is 160 Å². The van der Waals surface area contributed by atoms with Gasteiger partial charge in [0, 0.05) is 5.92 Å². The monoisotopic (exact) mass is 372 g/mol. The van der Waals surface area contributed by atoms with Crippen molar-refractivity contribution in [3.05, 3.63) is 47.0 Å². The van der Waals surface area contributed by atoms with E-state index in [-0.39, 0.29) is 17.8 Å². The number of methoxy groups -OCH3 is 4. The van der Waals surface area contributed by atoms with Crippen LogP contribution in [0.1, 0.15) is 42.6 Å². The fourth-order valence-electron chi connectivity index (χ4n) is 4.12. The summed E-state index contributed by atoms with van der Waals surface area (Å²) in [4.78, 5) is 0. The highest BCUT2D eigenvalue weighted by molar-refractivity contribution is 5.54. The van der Waals surface area contributed by atoms with Gasteiger partial charge in [-0.25, -0.2) is 0 Å². The molecule has 0 fully saturated rings. The largest absolute Gasteiger partial charge is 0.493 e. The van der Waals surface area contributed by atoms with Crippen LogP contribution in [0.2, 0.25) is 0 Å². The zero-order valence-corrected chi connectivity index (χ0v) is 16.8. The van der Waals surface area contributed by atoms with Crippen LogP contribution in [-0.2, 0) is 0 Å². The lowest BCUT2D eigenvalue weighted by Crippen LogP contribution is -2.30. The van der Waals surface area contributed by atoms with Crippen molar-refractivity contribution < 1.29 is 24.1 Å². The maximum absolute atomic E-state index is 10.9. The van der Waals surface area contributed by atoms with Crippen LogP contribution in [0.15, 0.2) is 30.3 Å². The van der Waals surface area contributed by atoms with Crippen LogP contribution in [0.5, 0.6) is 23.0 Å². The molecular weight excluding hydrogens is 344 g/mol. The molecule has 3 rings (SSSR count). The highest BCUT2D eigenvalue weighted by Gasteiger charge is 2.39. The topological polar surface area (TPSA) is 57.2 Å². The first-order valence-corrected chi connectivity index (χ1v) is 9.12. The SMILES string of the molecule is COc1ccc([C@@H]2c3cc(OC)c(OC)cc3[C@@H](O)[C@@H](C)[C@@H]2C)cc1OC. The van der Waals surface area contributed by atoms with E-state index in [1.807, 2.05) is 24.3 Å². The number of hydrogen-bond acceptors (Lipinski definition) is 5. The van der Waals surface area contributed by atoms with Crippen LogP contribution in [0.4, 0.5) is 0 Å². The zero-order chi connectivity index (χ0) is 19.7. The summed E-state index contributed by atoms with van der Waals surface area (Å²) in [6.07, 6.45) is -0.550. The minimum atomic E-state index is -0.550. The van der Waals surface area contributed by atoms with E-state index in [1.165, 1.54) is 0 Å². The maximum atomic E-state index is 10.9. The molecule has 2 aromatic carbocycles. The molecule has 0 spiro atoms. The third kappa shape index (κ3) is 3.21. The van der Waals surface area contributed by atoms with Crippen molar-refractivity contribution in [1.29, 1.82) is 0 Å². The molecule has 146 valence electrons. The van der Waals surface area contributed by atoms with Gasteiger partial charge >= 0.3 is 0 Å². The molecule has 0 saturated heterocycles. The van der Waals surface area contributed by atoms with Crippen LogP contribution in [0.3, 0.4) is 0 Å². The fraction of sp³-hybridized carbons (Fsp3) is 0.455. The number of fused-ring (bicyclic) bond motifs is 1. The van der Waals surface area contributed by atoms with Gasteiger partial charge in [-0.2, -0.15) is 0 Å². The molecule has 5 nitrogen and oxygen atoms in total. The molecule has 0 amide bonds. The van der Waals surface area contributed by atoms with E-state index in [0.29, 0.717) is 23.0 Å². The first-order chi connectivity index (χ1) is 13.0. The summed E-state index contributed by atoms with van der Waals surface area (Å²) in [5, 5.41) is 10.9. The third-order valence-electron chi connectivity index (χ3n) is 5.86. The van der Waals surface area contributed by atoms with E-state index < -0.39 is 6.10 Å². The Morgan fingerprint density at radius 2 is 1.19 bits per heavy atom. The van der Waals surface area contributed by atoms with Crippen LogP contribution < -0.4 is 18.9 Å². The van der Waals surface area contributed by atoms with Crippen molar-refractivity contribution in [3.63, 3.8) is 0 Å². The predicted octanol–water partition coefficient (Wildman–Crippen LogP) is 4.17. The van der Waals surface area contributed by atoms with Gasteiger partial charge in [-0.1, -0.05) is 19.9 Å². The number of benzene rings is 2. The Hall–Kier alpha value is -2.40. The average molecular weight is 372 g/mol. The molecule has 4 atom stereocenters. The molecule has 0 aliphatic heterocycles. The van der Waals surface area contributed by atoms with E-state index in [1.54, 1.807) is 28.4 Å². The number of rotatable bonds is 5. The Morgan fingerprint density at radius 1 is 0.667 bits per heavy atom. The molecule has 1 N–H and O–H groups in total. The number of hydrogen-bond donors (Lipinski definition) is 1. The molecule has 0 unspecified atom stereocenters. The lowest BCUT2D eigenvalue weighted by molar-refractivity contribution is 0.0684. The molecule has 0 aromatic heterocycles. The quantitative estimate of drug-likeness (QED) is 0.854. The van der Waals surface area contributed by atoms with Crippen molar-refractivity contribution >= 4 is 0 Å². The van der Waals surface area contributed by atoms with E-state index in [4.69, 9.17) is 18.9 Å². The van der Waals surface area contributed by atoms with E-state index in [2.05, 4.69) is 19.9 Å². The Bertz CT molecular complexity index is 817. The number of ether oxygens (including phenoxy) is 4. The summed E-state index contributed by atoms with van der Waals surface area (Å²) in [6, 6.07) is 9.89. The first-order valence-electron chi connectivity index (χ1n) is 9.12. The minimum Gasteiger partial charge on any atom is -0.493 e. The number of aliphatic hydroxyl groups excluding tert-OH is 1. The van der Waals surface area contributed by atoms with Crippen molar-refractivity contribution in [2.45, 2.75) is 25.9 Å². The smallest absolute Gasteiger partial charge is 0.161 e. The van der Waals surface area contributed by atoms with E-state index in [0.717, 1.165) is 16.7 Å². The Morgan fingerprint density at radius 3 is 1.74 bits per heavy atom. The molecule has 1 aliphatic carbocycles. The second-order valence-corrected chi connectivity index (χ2v) is 7.09. The first kappa shape index (κ1) is 19.4. The van der Waals surface area contributed by atoms with Crippen LogP contribution >= 0.6 is 0 Å². The molecule has 0 radical (unpaired) electrons. The average Bonchev–Trinajstić information content (AvgIpc) is 2.71. The minimum absolute atomic E-state index is 0.0914. The van der Waals surface area contributed by atoms with Crippen LogP contribution in [0.25, 0.3) is 0 Å². The second-order valence-electron chi connectivity index (χ2n) is 7.09. The Balaban J connectivity index is 2.20. The predicted molar refractivity (Wildman–Crippen MR) is 104 cm³/mol. The maximum Gasteiger partial charge on any atom is 0.161 e. The van der Waals surface area contributed by atoms with Gasteiger partial charge in [-0.15, -0.1) is 0 Å². The third-order valence-corrected chi connectivity index (χ3v) is 5.86. The molecule has 0 saturated carbocycles. The molecule has 5 heteroatoms. The van der Waals surface area contributed by atoms with Gasteiger partial charge in [-0.3, -0.25) is 0 Å². The summed E-state index contributed by atoms with van der Waals surface area (Å²) in [6.45, 7) is 4.26. The van der Waals surface area contributed by atoms with Gasteiger partial charge in [0.05, 0.1) is 34.5 Å². The summed E-state index contributed by atoms with van der Waals surface area (Å²) < 4.78 is 21.8. The van der Waals surface area contributed by atoms with Crippen molar-refractivity contribution in [2.75, 3.05) is 28.4 Å². The van der Waals surface area contributed by atoms with Crippen molar-refractivity contribution in [1.82, 2.24) is 0 Å². The van der Waals surface area contributed by atoms with Crippen LogP contribution in [-0.4, -0.2) is 33.5 Å². The highest BCUT2D eigenvalue weighted by Crippen LogP contribution is 2.51. The van der Waals surface area contributed by atoms with E-state index in [9.17, 15) is 5.11 Å². The van der Waals surface area contributed by atoms with Gasteiger partial charge in [0.1, 0.15) is 0 Å². The number of aliphatic hydroxyl groups is 1. The van der Waals surface area contributed by atoms with Gasteiger partial charge in [-0.05, 0) is 52.8 Å². The molecule has 1 aliphatic rings. The normalized spacial score (nSPS) is 24.1. The molecule has 2 aromatic rings. The fourth-order valence-corrected chi connectivity index (χ4v) is 4.12. The Kier molecular flexibility index (Phi) is 5.51. The lowest BCUT2D eigenvalue weighted by Gasteiger charge is -2.40. The standard InChI is InChI=1S/C22H28O5/c1-12-13(2)22(23)16-11-20(27-6)19(26-5)10-15(16)21(12)14-7-8-17(24-3)18(9-14)25-4/h7-13,21-23H,1-6H3/t12-,13-,21+,22-/m0/s1. The molecule has 0 bridgehead atoms. The molecule has 27 heavy (non-hydrogen) atoms. The van der Waals surface area contributed by atoms with Gasteiger partial charge < -0.3 is 24.1 Å². The molecule has 0 heterocycles. The summed E-state index contributed by atoms with van der Waals surface area (Å²) in [7, 11) is 6.50. The van der Waals surface area contributed by atoms with E-state index >= 15 is 0 Å². The molecular formula is C22H28O5. The lowest BCUT2D eigenvalue weighted by atomic mass is 9.66. The van der Waals surface area contributed by atoms with Crippen molar-refractivity contribution in [3.8, 4) is 23.0 Å². The second kappa shape index (κ2) is 7.69. The highest BCUT2D eigenvalue weighted by atomic mass is 16.5. The summed E-state index contributed by atoms with van der Waals surface area (Å²) in [5.74, 6) is 3.10. The van der Waals surface area contributed by atoms with Crippen LogP contribution in [0, 0.1) is 11.8 Å².